The van der Waals surface area contributed by atoms with Crippen molar-refractivity contribution >= 4 is 30.7 Å². The molecule has 0 aromatic rings. The first-order valence-electron chi connectivity index (χ1n) is 8.06. The summed E-state index contributed by atoms with van der Waals surface area (Å²) in [5.41, 5.74) is 0.514. The summed E-state index contributed by atoms with van der Waals surface area (Å²) in [5, 5.41) is 3.33. The van der Waals surface area contributed by atoms with Crippen molar-refractivity contribution in [3.8, 4) is 0 Å². The van der Waals surface area contributed by atoms with E-state index in [2.05, 4.69) is 27.1 Å². The highest BCUT2D eigenvalue weighted by atomic mass is 35.5. The Morgan fingerprint density at radius 2 is 1.59 bits per heavy atom. The van der Waals surface area contributed by atoms with Crippen LogP contribution in [0.15, 0.2) is 0 Å². The molecule has 22 heavy (non-hydrogen) atoms. The zero-order valence-corrected chi connectivity index (χ0v) is 15.2. The number of likely N-dealkylation sites (tertiary alicyclic amines) is 2. The Kier molecular flexibility index (Phi) is 7.89. The molecule has 0 aliphatic carbocycles. The van der Waals surface area contributed by atoms with Gasteiger partial charge in [0.2, 0.25) is 5.91 Å². The second kappa shape index (κ2) is 8.69. The van der Waals surface area contributed by atoms with Crippen molar-refractivity contribution in [2.75, 3.05) is 66.0 Å². The number of hydrogen-bond acceptors (Lipinski definition) is 4. The molecule has 3 aliphatic rings. The van der Waals surface area contributed by atoms with Crippen molar-refractivity contribution in [1.82, 2.24) is 20.0 Å². The van der Waals surface area contributed by atoms with Gasteiger partial charge in [0.25, 0.3) is 0 Å². The largest absolute Gasteiger partial charge is 0.342 e. The molecule has 0 saturated carbocycles. The van der Waals surface area contributed by atoms with E-state index < -0.39 is 0 Å². The molecule has 5 nitrogen and oxygen atoms in total. The van der Waals surface area contributed by atoms with Crippen LogP contribution in [-0.4, -0.2) is 86.6 Å². The third kappa shape index (κ3) is 4.71. The lowest BCUT2D eigenvalue weighted by Crippen LogP contribution is -2.51. The Labute approximate surface area is 146 Å². The van der Waals surface area contributed by atoms with Gasteiger partial charge in [0, 0.05) is 45.8 Å². The number of hydrogen-bond donors (Lipinski definition) is 1. The standard InChI is InChI=1S/C15H28N4O.2ClH/c1-17-7-2-15(13-17)3-8-19(9-4-15)14(20)12-18-10-5-16-6-11-18;;/h16H,2-13H2,1H3;2*1H. The number of carbonyl (C=O) groups is 1. The van der Waals surface area contributed by atoms with Crippen LogP contribution in [0.5, 0.6) is 0 Å². The molecular weight excluding hydrogens is 323 g/mol. The van der Waals surface area contributed by atoms with Crippen molar-refractivity contribution in [2.24, 2.45) is 5.41 Å². The number of carbonyl (C=O) groups excluding carboxylic acids is 1. The van der Waals surface area contributed by atoms with Gasteiger partial charge in [-0.1, -0.05) is 0 Å². The van der Waals surface area contributed by atoms with Gasteiger partial charge in [0.05, 0.1) is 6.54 Å². The normalized spacial score (nSPS) is 25.6. The number of halogens is 2. The number of piperazine rings is 1. The monoisotopic (exact) mass is 352 g/mol. The van der Waals surface area contributed by atoms with E-state index >= 15 is 0 Å². The zero-order chi connectivity index (χ0) is 14.0. The molecule has 7 heteroatoms. The second-order valence-corrected chi connectivity index (χ2v) is 6.89. The van der Waals surface area contributed by atoms with E-state index in [-0.39, 0.29) is 24.8 Å². The Morgan fingerprint density at radius 3 is 2.14 bits per heavy atom. The number of piperidine rings is 1. The minimum Gasteiger partial charge on any atom is -0.342 e. The van der Waals surface area contributed by atoms with Crippen molar-refractivity contribution in [3.05, 3.63) is 0 Å². The molecular formula is C15H30Cl2N4O. The maximum Gasteiger partial charge on any atom is 0.236 e. The van der Waals surface area contributed by atoms with Gasteiger partial charge in [-0.15, -0.1) is 24.8 Å². The Balaban J connectivity index is 0.00000121. The molecule has 1 N–H and O–H groups in total. The Hall–Kier alpha value is -0.0700. The predicted molar refractivity (Wildman–Crippen MR) is 94.2 cm³/mol. The van der Waals surface area contributed by atoms with Gasteiger partial charge < -0.3 is 15.1 Å². The highest BCUT2D eigenvalue weighted by Crippen LogP contribution is 2.39. The van der Waals surface area contributed by atoms with Crippen molar-refractivity contribution in [2.45, 2.75) is 19.3 Å². The van der Waals surface area contributed by atoms with Gasteiger partial charge in [-0.05, 0) is 38.3 Å². The van der Waals surface area contributed by atoms with Crippen molar-refractivity contribution < 1.29 is 4.79 Å². The van der Waals surface area contributed by atoms with Gasteiger partial charge in [0.15, 0.2) is 0 Å². The highest BCUT2D eigenvalue weighted by molar-refractivity contribution is 5.85. The van der Waals surface area contributed by atoms with Crippen LogP contribution in [0.4, 0.5) is 0 Å². The molecule has 0 atom stereocenters. The molecule has 130 valence electrons. The van der Waals surface area contributed by atoms with Gasteiger partial charge in [-0.2, -0.15) is 0 Å². The summed E-state index contributed by atoms with van der Waals surface area (Å²) in [5.74, 6) is 0.341. The molecule has 0 unspecified atom stereocenters. The molecule has 0 aromatic heterocycles. The van der Waals surface area contributed by atoms with Crippen LogP contribution in [0.1, 0.15) is 19.3 Å². The maximum absolute atomic E-state index is 12.4. The summed E-state index contributed by atoms with van der Waals surface area (Å²) in [6.07, 6.45) is 3.72. The molecule has 0 radical (unpaired) electrons. The van der Waals surface area contributed by atoms with Gasteiger partial charge in [-0.3, -0.25) is 9.69 Å². The van der Waals surface area contributed by atoms with Gasteiger partial charge >= 0.3 is 0 Å². The molecule has 3 fully saturated rings. The fraction of sp³-hybridized carbons (Fsp3) is 0.933. The minimum atomic E-state index is 0. The van der Waals surface area contributed by atoms with Crippen molar-refractivity contribution in [1.29, 1.82) is 0 Å². The third-order valence-corrected chi connectivity index (χ3v) is 5.37. The van der Waals surface area contributed by atoms with Gasteiger partial charge in [0.1, 0.15) is 0 Å². The molecule has 3 saturated heterocycles. The summed E-state index contributed by atoms with van der Waals surface area (Å²) < 4.78 is 0. The minimum absolute atomic E-state index is 0. The molecule has 1 spiro atoms. The summed E-state index contributed by atoms with van der Waals surface area (Å²) in [7, 11) is 2.22. The first kappa shape index (κ1) is 20.0. The average molecular weight is 353 g/mol. The van der Waals surface area contributed by atoms with Crippen LogP contribution >= 0.6 is 24.8 Å². The molecule has 3 rings (SSSR count). The van der Waals surface area contributed by atoms with Crippen LogP contribution in [0.3, 0.4) is 0 Å². The molecule has 3 heterocycles. The predicted octanol–water partition coefficient (Wildman–Crippen LogP) is 0.679. The molecule has 1 amide bonds. The smallest absolute Gasteiger partial charge is 0.236 e. The van der Waals surface area contributed by atoms with Crippen molar-refractivity contribution in [3.63, 3.8) is 0 Å². The zero-order valence-electron chi connectivity index (χ0n) is 13.6. The summed E-state index contributed by atoms with van der Waals surface area (Å²) in [4.78, 5) is 19.2. The van der Waals surface area contributed by atoms with Gasteiger partial charge in [-0.25, -0.2) is 0 Å². The van der Waals surface area contributed by atoms with E-state index in [1.165, 1.54) is 32.4 Å². The lowest BCUT2D eigenvalue weighted by Gasteiger charge is -2.40. The van der Waals surface area contributed by atoms with Crippen LogP contribution in [0.2, 0.25) is 0 Å². The number of nitrogens with zero attached hydrogens (tertiary/aromatic N) is 3. The second-order valence-electron chi connectivity index (χ2n) is 6.89. The summed E-state index contributed by atoms with van der Waals surface area (Å²) in [6.45, 7) is 9.07. The summed E-state index contributed by atoms with van der Waals surface area (Å²) in [6, 6.07) is 0. The Bertz CT molecular complexity index is 355. The first-order chi connectivity index (χ1) is 9.67. The summed E-state index contributed by atoms with van der Waals surface area (Å²) >= 11 is 0. The maximum atomic E-state index is 12.4. The van der Waals surface area contributed by atoms with Crippen LogP contribution in [0, 0.1) is 5.41 Å². The SMILES string of the molecule is CN1CCC2(CCN(C(=O)CN3CCNCC3)CC2)C1.Cl.Cl. The fourth-order valence-electron chi connectivity index (χ4n) is 3.96. The number of nitrogens with one attached hydrogen (secondary N) is 1. The Morgan fingerprint density at radius 1 is 1.00 bits per heavy atom. The third-order valence-electron chi connectivity index (χ3n) is 5.37. The van der Waals surface area contributed by atoms with E-state index in [1.807, 2.05) is 0 Å². The highest BCUT2D eigenvalue weighted by Gasteiger charge is 2.40. The van der Waals surface area contributed by atoms with Crippen LogP contribution in [-0.2, 0) is 4.79 Å². The van der Waals surface area contributed by atoms with E-state index in [9.17, 15) is 4.79 Å². The van der Waals surface area contributed by atoms with E-state index in [1.54, 1.807) is 0 Å². The molecule has 0 aromatic carbocycles. The van der Waals surface area contributed by atoms with E-state index in [0.29, 0.717) is 17.9 Å². The first-order valence-corrected chi connectivity index (χ1v) is 8.06. The lowest BCUT2D eigenvalue weighted by atomic mass is 9.78. The topological polar surface area (TPSA) is 38.8 Å². The molecule has 3 aliphatic heterocycles. The number of rotatable bonds is 2. The lowest BCUT2D eigenvalue weighted by molar-refractivity contribution is -0.134. The van der Waals surface area contributed by atoms with E-state index in [0.717, 1.165) is 39.3 Å². The van der Waals surface area contributed by atoms with E-state index in [4.69, 9.17) is 0 Å². The number of amides is 1. The van der Waals surface area contributed by atoms with Crippen LogP contribution < -0.4 is 5.32 Å². The quantitative estimate of drug-likeness (QED) is 0.793. The average Bonchev–Trinajstić information content (AvgIpc) is 2.81. The van der Waals surface area contributed by atoms with Crippen LogP contribution in [0.25, 0.3) is 0 Å². The molecule has 0 bridgehead atoms. The fourth-order valence-corrected chi connectivity index (χ4v) is 3.96.